The maximum absolute atomic E-state index is 12.3. The van der Waals surface area contributed by atoms with Crippen LogP contribution in [0, 0.1) is 5.92 Å². The topological polar surface area (TPSA) is 93.1 Å². The molecule has 1 saturated heterocycles. The van der Waals surface area contributed by atoms with E-state index in [1.54, 1.807) is 39.8 Å². The Labute approximate surface area is 153 Å². The molecule has 0 radical (unpaired) electrons. The molecule has 0 amide bonds. The van der Waals surface area contributed by atoms with Crippen LogP contribution < -0.4 is 0 Å². The van der Waals surface area contributed by atoms with Gasteiger partial charge in [-0.1, -0.05) is 24.8 Å². The van der Waals surface area contributed by atoms with E-state index in [0.29, 0.717) is 11.1 Å². The summed E-state index contributed by atoms with van der Waals surface area (Å²) >= 11 is 0. The summed E-state index contributed by atoms with van der Waals surface area (Å²) in [6, 6.07) is 0. The number of hydrogen-bond donors (Lipinski definition) is 2. The molecule has 0 spiro atoms. The van der Waals surface area contributed by atoms with Crippen molar-refractivity contribution >= 4 is 11.9 Å². The van der Waals surface area contributed by atoms with E-state index < -0.39 is 41.8 Å². The number of ether oxygens (including phenoxy) is 2. The Hall–Kier alpha value is -2.18. The van der Waals surface area contributed by atoms with Crippen molar-refractivity contribution in [3.8, 4) is 0 Å². The molecule has 0 aromatic carbocycles. The summed E-state index contributed by atoms with van der Waals surface area (Å²) in [5.41, 5.74) is -0.188. The van der Waals surface area contributed by atoms with Crippen LogP contribution in [0.4, 0.5) is 0 Å². The highest BCUT2D eigenvalue weighted by atomic mass is 16.6. The highest BCUT2D eigenvalue weighted by Gasteiger charge is 2.46. The average molecular weight is 362 g/mol. The second-order valence-electron chi connectivity index (χ2n) is 7.11. The standard InChI is InChI=1S/C20H26O6/c1-6-11(2)18(22)26-16-10-20(5,24)8-7-14(21)12(3)9-15-17(16)13(4)19(23)25-15/h6-9,14-17,21,24H,4,10H2,1-3,5H3/b8-7-,11-6-,12-9-/t14-,15-,16+,17-,20-/m0/s1. The van der Waals surface area contributed by atoms with E-state index in [4.69, 9.17) is 9.47 Å². The Morgan fingerprint density at radius 1 is 1.50 bits per heavy atom. The maximum Gasteiger partial charge on any atom is 0.334 e. The minimum Gasteiger partial charge on any atom is -0.458 e. The lowest BCUT2D eigenvalue weighted by atomic mass is 9.82. The van der Waals surface area contributed by atoms with E-state index in [2.05, 4.69) is 6.58 Å². The molecule has 2 aliphatic rings. The Kier molecular flexibility index (Phi) is 5.88. The van der Waals surface area contributed by atoms with Gasteiger partial charge < -0.3 is 19.7 Å². The van der Waals surface area contributed by atoms with E-state index in [-0.39, 0.29) is 12.0 Å². The Balaban J connectivity index is 2.48. The first-order valence-corrected chi connectivity index (χ1v) is 8.57. The second kappa shape index (κ2) is 7.60. The molecule has 0 unspecified atom stereocenters. The lowest BCUT2D eigenvalue weighted by Crippen LogP contribution is -2.40. The number of aliphatic hydroxyl groups excluding tert-OH is 1. The van der Waals surface area contributed by atoms with Crippen LogP contribution in [-0.2, 0) is 19.1 Å². The minimum atomic E-state index is -1.36. The average Bonchev–Trinajstić information content (AvgIpc) is 2.84. The molecule has 0 aromatic heterocycles. The van der Waals surface area contributed by atoms with Crippen LogP contribution in [0.25, 0.3) is 0 Å². The van der Waals surface area contributed by atoms with Gasteiger partial charge in [0.15, 0.2) is 0 Å². The molecule has 1 fully saturated rings. The summed E-state index contributed by atoms with van der Waals surface area (Å²) in [6.45, 7) is 10.4. The largest absolute Gasteiger partial charge is 0.458 e. The van der Waals surface area contributed by atoms with Gasteiger partial charge in [0, 0.05) is 17.6 Å². The monoisotopic (exact) mass is 362 g/mol. The van der Waals surface area contributed by atoms with Gasteiger partial charge in [0.2, 0.25) is 0 Å². The van der Waals surface area contributed by atoms with Gasteiger partial charge in [0.25, 0.3) is 0 Å². The Bertz CT molecular complexity index is 697. The fourth-order valence-electron chi connectivity index (χ4n) is 3.05. The zero-order valence-electron chi connectivity index (χ0n) is 15.6. The first-order chi connectivity index (χ1) is 12.1. The number of rotatable bonds is 2. The summed E-state index contributed by atoms with van der Waals surface area (Å²) in [6.07, 6.45) is 3.77. The number of carbonyl (C=O) groups is 2. The molecule has 142 valence electrons. The third kappa shape index (κ3) is 4.31. The van der Waals surface area contributed by atoms with Crippen LogP contribution in [0.2, 0.25) is 0 Å². The highest BCUT2D eigenvalue weighted by molar-refractivity contribution is 5.92. The molecule has 0 aromatic rings. The molecule has 0 saturated carbocycles. The maximum atomic E-state index is 12.3. The molecule has 6 heteroatoms. The molecule has 26 heavy (non-hydrogen) atoms. The first kappa shape index (κ1) is 20.1. The van der Waals surface area contributed by atoms with Crippen LogP contribution in [0.5, 0.6) is 0 Å². The lowest BCUT2D eigenvalue weighted by Gasteiger charge is -2.32. The predicted molar refractivity (Wildman–Crippen MR) is 96.0 cm³/mol. The van der Waals surface area contributed by atoms with E-state index in [0.717, 1.165) is 0 Å². The van der Waals surface area contributed by atoms with Crippen LogP contribution in [0.1, 0.15) is 34.1 Å². The summed E-state index contributed by atoms with van der Waals surface area (Å²) in [5.74, 6) is -1.74. The molecular weight excluding hydrogens is 336 g/mol. The van der Waals surface area contributed by atoms with Crippen molar-refractivity contribution in [1.82, 2.24) is 0 Å². The van der Waals surface area contributed by atoms with Crippen molar-refractivity contribution in [2.75, 3.05) is 0 Å². The Morgan fingerprint density at radius 3 is 2.77 bits per heavy atom. The number of hydrogen-bond acceptors (Lipinski definition) is 6. The van der Waals surface area contributed by atoms with E-state index in [1.807, 2.05) is 0 Å². The fourth-order valence-corrected chi connectivity index (χ4v) is 3.05. The normalized spacial score (nSPS) is 38.7. The highest BCUT2D eigenvalue weighted by Crippen LogP contribution is 2.37. The molecular formula is C20H26O6. The van der Waals surface area contributed by atoms with Crippen molar-refractivity contribution in [3.63, 3.8) is 0 Å². The van der Waals surface area contributed by atoms with E-state index in [1.165, 1.54) is 12.2 Å². The number of aliphatic hydroxyl groups is 2. The summed E-state index contributed by atoms with van der Waals surface area (Å²) < 4.78 is 11.0. The van der Waals surface area contributed by atoms with Crippen molar-refractivity contribution in [3.05, 3.63) is 47.6 Å². The van der Waals surface area contributed by atoms with Gasteiger partial charge in [-0.05, 0) is 39.3 Å². The fraction of sp³-hybridized carbons (Fsp3) is 0.500. The molecule has 0 bridgehead atoms. The lowest BCUT2D eigenvalue weighted by molar-refractivity contribution is -0.150. The molecule has 6 nitrogen and oxygen atoms in total. The van der Waals surface area contributed by atoms with Crippen molar-refractivity contribution < 1.29 is 29.3 Å². The van der Waals surface area contributed by atoms with Gasteiger partial charge in [0.1, 0.15) is 12.2 Å². The van der Waals surface area contributed by atoms with Crippen LogP contribution in [-0.4, -0.2) is 46.1 Å². The molecule has 1 aliphatic carbocycles. The van der Waals surface area contributed by atoms with Gasteiger partial charge in [-0.25, -0.2) is 9.59 Å². The van der Waals surface area contributed by atoms with Crippen LogP contribution in [0.15, 0.2) is 47.6 Å². The van der Waals surface area contributed by atoms with Crippen molar-refractivity contribution in [1.29, 1.82) is 0 Å². The smallest absolute Gasteiger partial charge is 0.334 e. The third-order valence-electron chi connectivity index (χ3n) is 4.82. The number of esters is 2. The van der Waals surface area contributed by atoms with Gasteiger partial charge >= 0.3 is 11.9 Å². The number of carbonyl (C=O) groups excluding carboxylic acids is 2. The van der Waals surface area contributed by atoms with Gasteiger partial charge in [-0.3, -0.25) is 0 Å². The SMILES string of the molecule is C=C1C(=O)O[C@H]2/C=C(/C)[C@@H](O)/C=C\[C@](C)(O)C[C@@H](OC(=O)/C(C)=C\C)[C@@H]12. The molecule has 2 N–H and O–H groups in total. The minimum absolute atomic E-state index is 0.0304. The molecule has 1 heterocycles. The third-order valence-corrected chi connectivity index (χ3v) is 4.82. The van der Waals surface area contributed by atoms with E-state index >= 15 is 0 Å². The summed E-state index contributed by atoms with van der Waals surface area (Å²) in [5, 5.41) is 20.9. The van der Waals surface area contributed by atoms with Crippen LogP contribution in [0.3, 0.4) is 0 Å². The van der Waals surface area contributed by atoms with Gasteiger partial charge in [-0.2, -0.15) is 0 Å². The van der Waals surface area contributed by atoms with Gasteiger partial charge in [-0.15, -0.1) is 0 Å². The predicted octanol–water partition coefficient (Wildman–Crippen LogP) is 1.98. The molecule has 2 rings (SSSR count). The number of allylic oxidation sites excluding steroid dienone is 1. The Morgan fingerprint density at radius 2 is 2.15 bits per heavy atom. The van der Waals surface area contributed by atoms with Crippen molar-refractivity contribution in [2.45, 2.75) is 58.0 Å². The summed E-state index contributed by atoms with van der Waals surface area (Å²) in [7, 11) is 0. The van der Waals surface area contributed by atoms with Crippen molar-refractivity contribution in [2.24, 2.45) is 5.92 Å². The molecule has 5 atom stereocenters. The molecule has 1 aliphatic heterocycles. The quantitative estimate of drug-likeness (QED) is 0.443. The summed E-state index contributed by atoms with van der Waals surface area (Å²) in [4.78, 5) is 24.4. The van der Waals surface area contributed by atoms with E-state index in [9.17, 15) is 19.8 Å². The number of fused-ring (bicyclic) bond motifs is 1. The zero-order chi connectivity index (χ0) is 19.6. The van der Waals surface area contributed by atoms with Gasteiger partial charge in [0.05, 0.1) is 17.6 Å². The van der Waals surface area contributed by atoms with Crippen LogP contribution >= 0.6 is 0 Å². The second-order valence-corrected chi connectivity index (χ2v) is 7.11. The zero-order valence-corrected chi connectivity index (χ0v) is 15.6. The first-order valence-electron chi connectivity index (χ1n) is 8.57.